The molecule has 0 saturated heterocycles. The van der Waals surface area contributed by atoms with Crippen LogP contribution in [0.1, 0.15) is 25.3 Å². The van der Waals surface area contributed by atoms with Crippen molar-refractivity contribution < 1.29 is 5.11 Å². The summed E-state index contributed by atoms with van der Waals surface area (Å²) in [5.41, 5.74) is -1.21. The summed E-state index contributed by atoms with van der Waals surface area (Å²) in [6.45, 7) is 1.91. The zero-order chi connectivity index (χ0) is 14.6. The van der Waals surface area contributed by atoms with Gasteiger partial charge in [0.2, 0.25) is 0 Å². The SMILES string of the molecule is CCC(CCO)Nc1c(C#N)c(=O)n(C)c(=O)n1C. The first-order valence-corrected chi connectivity index (χ1v) is 6.05. The molecule has 1 atom stereocenters. The van der Waals surface area contributed by atoms with E-state index in [4.69, 9.17) is 10.4 Å². The number of aliphatic hydroxyl groups is 1. The van der Waals surface area contributed by atoms with Crippen molar-refractivity contribution in [3.05, 3.63) is 26.4 Å². The van der Waals surface area contributed by atoms with Crippen LogP contribution in [0.3, 0.4) is 0 Å². The van der Waals surface area contributed by atoms with Crippen LogP contribution in [-0.4, -0.2) is 26.9 Å². The Morgan fingerprint density at radius 2 is 2.00 bits per heavy atom. The average molecular weight is 266 g/mol. The van der Waals surface area contributed by atoms with Crippen LogP contribution in [0.4, 0.5) is 5.82 Å². The van der Waals surface area contributed by atoms with Crippen LogP contribution in [0.15, 0.2) is 9.59 Å². The predicted octanol–water partition coefficient (Wildman–Crippen LogP) is -0.471. The molecule has 0 saturated carbocycles. The van der Waals surface area contributed by atoms with Crippen LogP contribution < -0.4 is 16.6 Å². The van der Waals surface area contributed by atoms with E-state index in [0.717, 1.165) is 4.57 Å². The van der Waals surface area contributed by atoms with Crippen LogP contribution in [0.5, 0.6) is 0 Å². The summed E-state index contributed by atoms with van der Waals surface area (Å²) in [6, 6.07) is 1.72. The first kappa shape index (κ1) is 15.0. The molecule has 1 rings (SSSR count). The predicted molar refractivity (Wildman–Crippen MR) is 71.0 cm³/mol. The maximum Gasteiger partial charge on any atom is 0.332 e. The van der Waals surface area contributed by atoms with Crippen LogP contribution in [0, 0.1) is 11.3 Å². The number of aliphatic hydroxyl groups excluding tert-OH is 1. The molecule has 2 N–H and O–H groups in total. The van der Waals surface area contributed by atoms with Crippen molar-refractivity contribution in [2.75, 3.05) is 11.9 Å². The van der Waals surface area contributed by atoms with Crippen molar-refractivity contribution in [3.63, 3.8) is 0 Å². The van der Waals surface area contributed by atoms with E-state index in [1.807, 2.05) is 13.0 Å². The standard InChI is InChI=1S/C12H18N4O3/c1-4-8(5-6-17)14-10-9(7-13)11(18)16(3)12(19)15(10)2/h8,14,17H,4-6H2,1-3H3. The Labute approximate surface area is 110 Å². The molecule has 0 radical (unpaired) electrons. The Balaban J connectivity index is 3.39. The second-order valence-electron chi connectivity index (χ2n) is 4.30. The van der Waals surface area contributed by atoms with Crippen LogP contribution in [0.25, 0.3) is 0 Å². The summed E-state index contributed by atoms with van der Waals surface area (Å²) in [6.07, 6.45) is 1.18. The lowest BCUT2D eigenvalue weighted by molar-refractivity contribution is 0.278. The van der Waals surface area contributed by atoms with E-state index in [-0.39, 0.29) is 24.0 Å². The van der Waals surface area contributed by atoms with E-state index in [9.17, 15) is 9.59 Å². The molecule has 0 amide bonds. The normalized spacial score (nSPS) is 11.9. The molecule has 7 nitrogen and oxygen atoms in total. The lowest BCUT2D eigenvalue weighted by Crippen LogP contribution is -2.41. The molecule has 0 spiro atoms. The Hall–Kier alpha value is -2.07. The van der Waals surface area contributed by atoms with Crippen LogP contribution in [0.2, 0.25) is 0 Å². The third-order valence-electron chi connectivity index (χ3n) is 3.09. The zero-order valence-electron chi connectivity index (χ0n) is 11.3. The van der Waals surface area contributed by atoms with Crippen LogP contribution in [-0.2, 0) is 14.1 Å². The van der Waals surface area contributed by atoms with E-state index in [1.165, 1.54) is 18.7 Å². The molecular formula is C12H18N4O3. The van der Waals surface area contributed by atoms with Gasteiger partial charge in [0.15, 0.2) is 5.56 Å². The second-order valence-corrected chi connectivity index (χ2v) is 4.30. The fraction of sp³-hybridized carbons (Fsp3) is 0.583. The molecule has 1 heterocycles. The van der Waals surface area contributed by atoms with Gasteiger partial charge in [-0.3, -0.25) is 13.9 Å². The summed E-state index contributed by atoms with van der Waals surface area (Å²) in [7, 11) is 2.83. The number of nitriles is 1. The maximum absolute atomic E-state index is 11.9. The van der Waals surface area contributed by atoms with E-state index < -0.39 is 11.2 Å². The molecule has 104 valence electrons. The number of nitrogens with zero attached hydrogens (tertiary/aromatic N) is 3. The van der Waals surface area contributed by atoms with Gasteiger partial charge in [-0.05, 0) is 12.8 Å². The molecule has 0 aliphatic heterocycles. The second kappa shape index (κ2) is 6.20. The van der Waals surface area contributed by atoms with E-state index in [2.05, 4.69) is 5.32 Å². The van der Waals surface area contributed by atoms with Gasteiger partial charge in [-0.1, -0.05) is 6.92 Å². The molecule has 0 aromatic carbocycles. The highest BCUT2D eigenvalue weighted by Gasteiger charge is 2.17. The van der Waals surface area contributed by atoms with Gasteiger partial charge in [0.05, 0.1) is 0 Å². The maximum atomic E-state index is 11.9. The molecule has 7 heteroatoms. The summed E-state index contributed by atoms with van der Waals surface area (Å²) in [5.74, 6) is 0.205. The minimum atomic E-state index is -0.619. The monoisotopic (exact) mass is 266 g/mol. The largest absolute Gasteiger partial charge is 0.396 e. The molecule has 1 aromatic rings. The van der Waals surface area contributed by atoms with Crippen molar-refractivity contribution in [3.8, 4) is 6.07 Å². The van der Waals surface area contributed by atoms with Crippen molar-refractivity contribution >= 4 is 5.82 Å². The minimum Gasteiger partial charge on any atom is -0.396 e. The molecule has 1 aromatic heterocycles. The van der Waals surface area contributed by atoms with E-state index >= 15 is 0 Å². The molecule has 1 unspecified atom stereocenters. The van der Waals surface area contributed by atoms with Gasteiger partial charge in [0, 0.05) is 26.7 Å². The number of rotatable bonds is 5. The highest BCUT2D eigenvalue weighted by atomic mass is 16.3. The molecule has 0 aliphatic carbocycles. The van der Waals surface area contributed by atoms with E-state index in [0.29, 0.717) is 12.8 Å². The first-order valence-electron chi connectivity index (χ1n) is 6.05. The lowest BCUT2D eigenvalue weighted by Gasteiger charge is -2.20. The quantitative estimate of drug-likeness (QED) is 0.750. The third-order valence-corrected chi connectivity index (χ3v) is 3.09. The fourth-order valence-electron chi connectivity index (χ4n) is 1.84. The number of hydrogen-bond acceptors (Lipinski definition) is 5. The third kappa shape index (κ3) is 2.85. The van der Waals surface area contributed by atoms with Gasteiger partial charge in [-0.2, -0.15) is 5.26 Å². The Morgan fingerprint density at radius 3 is 2.47 bits per heavy atom. The van der Waals surface area contributed by atoms with E-state index in [1.54, 1.807) is 0 Å². The van der Waals surface area contributed by atoms with Crippen molar-refractivity contribution in [2.45, 2.75) is 25.8 Å². The smallest absolute Gasteiger partial charge is 0.332 e. The Morgan fingerprint density at radius 1 is 1.37 bits per heavy atom. The highest BCUT2D eigenvalue weighted by Crippen LogP contribution is 2.12. The summed E-state index contributed by atoms with van der Waals surface area (Å²) >= 11 is 0. The van der Waals surface area contributed by atoms with Gasteiger partial charge in [0.25, 0.3) is 5.56 Å². The van der Waals surface area contributed by atoms with Crippen molar-refractivity contribution in [1.82, 2.24) is 9.13 Å². The van der Waals surface area contributed by atoms with Gasteiger partial charge >= 0.3 is 5.69 Å². The molecule has 0 fully saturated rings. The Kier molecular flexibility index (Phi) is 4.89. The minimum absolute atomic E-state index is 0.00775. The topological polar surface area (TPSA) is 100 Å². The fourth-order valence-corrected chi connectivity index (χ4v) is 1.84. The van der Waals surface area contributed by atoms with Gasteiger partial charge in [-0.25, -0.2) is 4.79 Å². The number of hydrogen-bond donors (Lipinski definition) is 2. The number of nitrogens with one attached hydrogen (secondary N) is 1. The van der Waals surface area contributed by atoms with Crippen LogP contribution >= 0.6 is 0 Å². The van der Waals surface area contributed by atoms with Gasteiger partial charge in [-0.15, -0.1) is 0 Å². The number of aromatic nitrogens is 2. The highest BCUT2D eigenvalue weighted by molar-refractivity contribution is 5.51. The summed E-state index contributed by atoms with van der Waals surface area (Å²) in [4.78, 5) is 23.7. The van der Waals surface area contributed by atoms with Crippen molar-refractivity contribution in [1.29, 1.82) is 5.26 Å². The summed E-state index contributed by atoms with van der Waals surface area (Å²) in [5, 5.41) is 21.0. The van der Waals surface area contributed by atoms with Gasteiger partial charge < -0.3 is 10.4 Å². The van der Waals surface area contributed by atoms with Gasteiger partial charge in [0.1, 0.15) is 11.9 Å². The number of anilines is 1. The average Bonchev–Trinajstić information content (AvgIpc) is 2.41. The lowest BCUT2D eigenvalue weighted by atomic mass is 10.1. The Bertz CT molecular complexity index is 609. The zero-order valence-corrected chi connectivity index (χ0v) is 11.3. The van der Waals surface area contributed by atoms with Crippen molar-refractivity contribution in [2.24, 2.45) is 14.1 Å². The summed E-state index contributed by atoms with van der Waals surface area (Å²) < 4.78 is 2.14. The first-order chi connectivity index (χ1) is 8.97. The molecule has 19 heavy (non-hydrogen) atoms. The molecular weight excluding hydrogens is 248 g/mol. The molecule has 0 bridgehead atoms. The molecule has 0 aliphatic rings.